The minimum absolute atomic E-state index is 0.116. The molecule has 6 heteroatoms. The summed E-state index contributed by atoms with van der Waals surface area (Å²) in [7, 11) is 0. The van der Waals surface area contributed by atoms with Crippen molar-refractivity contribution in [1.29, 1.82) is 0 Å². The van der Waals surface area contributed by atoms with Crippen LogP contribution in [0.1, 0.15) is 42.6 Å². The highest BCUT2D eigenvalue weighted by Gasteiger charge is 2.30. The molecule has 1 aromatic heterocycles. The fourth-order valence-electron chi connectivity index (χ4n) is 3.53. The lowest BCUT2D eigenvalue weighted by Gasteiger charge is -2.34. The maximum Gasteiger partial charge on any atom is 0.260 e. The molecule has 0 bridgehead atoms. The van der Waals surface area contributed by atoms with Gasteiger partial charge in [-0.1, -0.05) is 24.0 Å². The van der Waals surface area contributed by atoms with Gasteiger partial charge in [0.1, 0.15) is 11.9 Å². The first-order chi connectivity index (χ1) is 14.4. The third-order valence-electron chi connectivity index (χ3n) is 5.56. The van der Waals surface area contributed by atoms with Crippen LogP contribution in [0.25, 0.3) is 0 Å². The molecule has 156 valence electrons. The second-order valence-corrected chi connectivity index (χ2v) is 8.07. The number of pyridine rings is 1. The Morgan fingerprint density at radius 2 is 1.93 bits per heavy atom. The SMILES string of the molecule is Cc1cc(OCC(=O)N2CC(F)C2)cc(=O)n1[C@H](C)c1ccc(C#CC2CC2)cc1. The highest BCUT2D eigenvalue weighted by Crippen LogP contribution is 2.27. The maximum atomic E-state index is 12.9. The van der Waals surface area contributed by atoms with Crippen LogP contribution in [0.2, 0.25) is 0 Å². The molecular weight excluding hydrogens is 383 g/mol. The highest BCUT2D eigenvalue weighted by molar-refractivity contribution is 5.78. The minimum Gasteiger partial charge on any atom is -0.484 e. The minimum atomic E-state index is -0.944. The van der Waals surface area contributed by atoms with Crippen LogP contribution in [0.3, 0.4) is 0 Å². The number of amides is 1. The fourth-order valence-corrected chi connectivity index (χ4v) is 3.53. The second kappa shape index (κ2) is 8.35. The van der Waals surface area contributed by atoms with E-state index in [1.807, 2.05) is 38.1 Å². The van der Waals surface area contributed by atoms with Gasteiger partial charge in [0.2, 0.25) is 0 Å². The van der Waals surface area contributed by atoms with Gasteiger partial charge in [-0.15, -0.1) is 0 Å². The molecule has 1 saturated carbocycles. The molecule has 2 fully saturated rings. The predicted molar refractivity (Wildman–Crippen MR) is 112 cm³/mol. The summed E-state index contributed by atoms with van der Waals surface area (Å²) in [6.45, 7) is 3.84. The summed E-state index contributed by atoms with van der Waals surface area (Å²) in [5.74, 6) is 7.08. The topological polar surface area (TPSA) is 51.5 Å². The van der Waals surface area contributed by atoms with Gasteiger partial charge in [-0.05, 0) is 50.5 Å². The average molecular weight is 408 g/mol. The van der Waals surface area contributed by atoms with E-state index in [0.717, 1.165) is 16.8 Å². The number of halogens is 1. The lowest BCUT2D eigenvalue weighted by atomic mass is 10.1. The smallest absolute Gasteiger partial charge is 0.260 e. The molecule has 0 N–H and O–H groups in total. The Balaban J connectivity index is 1.44. The Morgan fingerprint density at radius 3 is 2.53 bits per heavy atom. The predicted octanol–water partition coefficient (Wildman–Crippen LogP) is 3.09. The van der Waals surface area contributed by atoms with Crippen LogP contribution in [0.15, 0.2) is 41.2 Å². The summed E-state index contributed by atoms with van der Waals surface area (Å²) in [6, 6.07) is 11.0. The van der Waals surface area contributed by atoms with Crippen molar-refractivity contribution in [3.8, 4) is 17.6 Å². The molecule has 0 unspecified atom stereocenters. The number of hydrogen-bond acceptors (Lipinski definition) is 3. The largest absolute Gasteiger partial charge is 0.484 e. The number of nitrogens with zero attached hydrogens (tertiary/aromatic N) is 2. The zero-order chi connectivity index (χ0) is 21.3. The molecule has 4 rings (SSSR count). The summed E-state index contributed by atoms with van der Waals surface area (Å²) in [6.07, 6.45) is 1.46. The third kappa shape index (κ3) is 4.56. The van der Waals surface area contributed by atoms with E-state index in [0.29, 0.717) is 11.7 Å². The zero-order valence-corrected chi connectivity index (χ0v) is 17.2. The number of ether oxygens (including phenoxy) is 1. The summed E-state index contributed by atoms with van der Waals surface area (Å²) < 4.78 is 20.1. The van der Waals surface area contributed by atoms with Crippen molar-refractivity contribution < 1.29 is 13.9 Å². The monoisotopic (exact) mass is 408 g/mol. The molecule has 2 heterocycles. The third-order valence-corrected chi connectivity index (χ3v) is 5.56. The van der Waals surface area contributed by atoms with Crippen molar-refractivity contribution in [3.63, 3.8) is 0 Å². The van der Waals surface area contributed by atoms with E-state index >= 15 is 0 Å². The van der Waals surface area contributed by atoms with Gasteiger partial charge in [-0.25, -0.2) is 4.39 Å². The molecule has 30 heavy (non-hydrogen) atoms. The maximum absolute atomic E-state index is 12.9. The first-order valence-electron chi connectivity index (χ1n) is 10.3. The van der Waals surface area contributed by atoms with Crippen LogP contribution >= 0.6 is 0 Å². The molecule has 1 amide bonds. The van der Waals surface area contributed by atoms with Gasteiger partial charge in [0, 0.05) is 23.2 Å². The van der Waals surface area contributed by atoms with Crippen molar-refractivity contribution in [1.82, 2.24) is 9.47 Å². The highest BCUT2D eigenvalue weighted by atomic mass is 19.1. The Hall–Kier alpha value is -3.07. The number of rotatable bonds is 5. The number of carbonyl (C=O) groups excluding carboxylic acids is 1. The van der Waals surface area contributed by atoms with Gasteiger partial charge in [0.25, 0.3) is 11.5 Å². The Morgan fingerprint density at radius 1 is 1.23 bits per heavy atom. The second-order valence-electron chi connectivity index (χ2n) is 8.07. The van der Waals surface area contributed by atoms with Crippen molar-refractivity contribution in [2.75, 3.05) is 19.7 Å². The molecule has 1 aliphatic carbocycles. The molecule has 0 spiro atoms. The molecule has 1 saturated heterocycles. The van der Waals surface area contributed by atoms with Gasteiger partial charge in [-0.2, -0.15) is 0 Å². The number of aromatic nitrogens is 1. The van der Waals surface area contributed by atoms with E-state index < -0.39 is 6.17 Å². The Kier molecular flexibility index (Phi) is 5.63. The van der Waals surface area contributed by atoms with Crippen molar-refractivity contribution in [2.24, 2.45) is 5.92 Å². The van der Waals surface area contributed by atoms with Crippen molar-refractivity contribution >= 4 is 5.91 Å². The fraction of sp³-hybridized carbons (Fsp3) is 0.417. The molecular formula is C24H25FN2O3. The molecule has 1 atom stereocenters. The number of carbonyl (C=O) groups is 1. The van der Waals surface area contributed by atoms with Crippen LogP contribution < -0.4 is 10.3 Å². The van der Waals surface area contributed by atoms with E-state index in [9.17, 15) is 14.0 Å². The molecule has 1 aromatic carbocycles. The van der Waals surface area contributed by atoms with Crippen LogP contribution in [-0.2, 0) is 4.79 Å². The van der Waals surface area contributed by atoms with Gasteiger partial charge in [0.05, 0.1) is 19.1 Å². The van der Waals surface area contributed by atoms with Crippen molar-refractivity contribution in [3.05, 3.63) is 63.6 Å². The number of benzene rings is 1. The summed E-state index contributed by atoms with van der Waals surface area (Å²) in [5.41, 5.74) is 2.54. The lowest BCUT2D eigenvalue weighted by Crippen LogP contribution is -2.52. The Labute approximate surface area is 175 Å². The Bertz CT molecular complexity index is 1050. The van der Waals surface area contributed by atoms with Crippen molar-refractivity contribution in [2.45, 2.75) is 38.9 Å². The first-order valence-corrected chi connectivity index (χ1v) is 10.3. The van der Waals surface area contributed by atoms with Crippen LogP contribution in [-0.4, -0.2) is 41.2 Å². The van der Waals surface area contributed by atoms with Gasteiger partial charge in [-0.3, -0.25) is 9.59 Å². The standard InChI is InChI=1S/C24H25FN2O3/c1-16-11-22(30-15-24(29)26-13-21(25)14-26)12-23(28)27(16)17(2)20-9-7-19(8-10-20)6-5-18-3-4-18/h7-12,17-18,21H,3-4,13-15H2,1-2H3/t17-/m1/s1. The number of hydrogen-bond donors (Lipinski definition) is 0. The van der Waals surface area contributed by atoms with E-state index in [4.69, 9.17) is 4.74 Å². The van der Waals surface area contributed by atoms with E-state index in [1.54, 1.807) is 10.6 Å². The molecule has 5 nitrogen and oxygen atoms in total. The zero-order valence-electron chi connectivity index (χ0n) is 17.2. The average Bonchev–Trinajstić information content (AvgIpc) is 3.52. The van der Waals surface area contributed by atoms with Crippen LogP contribution in [0.5, 0.6) is 5.75 Å². The molecule has 1 aliphatic heterocycles. The first kappa shape index (κ1) is 20.2. The molecule has 2 aliphatic rings. The van der Waals surface area contributed by atoms with Gasteiger partial charge >= 0.3 is 0 Å². The van der Waals surface area contributed by atoms with Gasteiger partial charge < -0.3 is 14.2 Å². The van der Waals surface area contributed by atoms with E-state index in [-0.39, 0.29) is 37.2 Å². The number of aryl methyl sites for hydroxylation is 1. The van der Waals surface area contributed by atoms with E-state index in [1.165, 1.54) is 23.8 Å². The summed E-state index contributed by atoms with van der Waals surface area (Å²) >= 11 is 0. The quantitative estimate of drug-likeness (QED) is 0.715. The summed E-state index contributed by atoms with van der Waals surface area (Å²) in [5, 5.41) is 0. The van der Waals surface area contributed by atoms with Crippen LogP contribution in [0.4, 0.5) is 4.39 Å². The molecule has 2 aromatic rings. The number of likely N-dealkylation sites (tertiary alicyclic amines) is 1. The van der Waals surface area contributed by atoms with Gasteiger partial charge in [0.15, 0.2) is 6.61 Å². The van der Waals surface area contributed by atoms with E-state index in [2.05, 4.69) is 11.8 Å². The lowest BCUT2D eigenvalue weighted by molar-refractivity contribution is -0.140. The summed E-state index contributed by atoms with van der Waals surface area (Å²) in [4.78, 5) is 26.1. The number of alkyl halides is 1. The molecule has 0 radical (unpaired) electrons. The normalized spacial score (nSPS) is 17.0. The van der Waals surface area contributed by atoms with Crippen LogP contribution in [0, 0.1) is 24.7 Å².